The molecule has 2 N–H and O–H groups in total. The van der Waals surface area contributed by atoms with E-state index in [-0.39, 0.29) is 0 Å². The Labute approximate surface area is 151 Å². The summed E-state index contributed by atoms with van der Waals surface area (Å²) in [5.74, 6) is -0.488. The monoisotopic (exact) mass is 358 g/mol. The number of halogens is 1. The molecule has 0 aromatic heterocycles. The predicted octanol–water partition coefficient (Wildman–Crippen LogP) is 3.10. The molecule has 5 nitrogen and oxygen atoms in total. The molecule has 1 aliphatic heterocycles. The van der Waals surface area contributed by atoms with E-state index < -0.39 is 17.4 Å². The number of nitrogens with one attached hydrogen (secondary N) is 2. The number of rotatable bonds is 4. The maximum atomic E-state index is 12.6. The second kappa shape index (κ2) is 6.76. The van der Waals surface area contributed by atoms with Gasteiger partial charge in [-0.2, -0.15) is 0 Å². The van der Waals surface area contributed by atoms with Crippen LogP contribution >= 0.6 is 11.6 Å². The lowest BCUT2D eigenvalue weighted by Gasteiger charge is -2.33. The molecule has 2 aromatic rings. The number of benzene rings is 2. The van der Waals surface area contributed by atoms with Crippen molar-refractivity contribution in [2.24, 2.45) is 0 Å². The van der Waals surface area contributed by atoms with Gasteiger partial charge in [0.25, 0.3) is 17.4 Å². The molecule has 0 saturated carbocycles. The van der Waals surface area contributed by atoms with Gasteiger partial charge in [-0.25, -0.2) is 0 Å². The normalized spacial score (nSPS) is 18.8. The van der Waals surface area contributed by atoms with E-state index in [9.17, 15) is 9.59 Å². The molecule has 0 bridgehead atoms. The van der Waals surface area contributed by atoms with Crippen molar-refractivity contribution in [3.05, 3.63) is 58.6 Å². The van der Waals surface area contributed by atoms with Crippen LogP contribution in [0.3, 0.4) is 0 Å². The molecule has 0 saturated heterocycles. The summed E-state index contributed by atoms with van der Waals surface area (Å²) in [5, 5.41) is 6.15. The molecule has 1 heterocycles. The second-order valence-electron chi connectivity index (χ2n) is 6.19. The van der Waals surface area contributed by atoms with Crippen LogP contribution in [0.2, 0.25) is 5.02 Å². The van der Waals surface area contributed by atoms with Gasteiger partial charge in [0.2, 0.25) is 0 Å². The van der Waals surface area contributed by atoms with Gasteiger partial charge in [0, 0.05) is 11.6 Å². The number of hydrogen-bond donors (Lipinski definition) is 2. The zero-order valence-electron chi connectivity index (χ0n) is 14.1. The highest BCUT2D eigenvalue weighted by Gasteiger charge is 2.47. The average molecular weight is 359 g/mol. The fourth-order valence-corrected chi connectivity index (χ4v) is 2.90. The molecule has 1 unspecified atom stereocenters. The van der Waals surface area contributed by atoms with Gasteiger partial charge in [0.15, 0.2) is 0 Å². The van der Waals surface area contributed by atoms with Crippen molar-refractivity contribution in [3.8, 4) is 5.75 Å². The van der Waals surface area contributed by atoms with E-state index in [1.54, 1.807) is 12.1 Å². The van der Waals surface area contributed by atoms with Gasteiger partial charge in [-0.15, -0.1) is 0 Å². The summed E-state index contributed by atoms with van der Waals surface area (Å²) >= 11 is 6.11. The van der Waals surface area contributed by atoms with Gasteiger partial charge in [-0.1, -0.05) is 35.9 Å². The van der Waals surface area contributed by atoms with Crippen LogP contribution in [-0.4, -0.2) is 24.0 Å². The fraction of sp³-hybridized carbons (Fsp3) is 0.263. The molecule has 1 atom stereocenters. The van der Waals surface area contributed by atoms with Crippen LogP contribution < -0.4 is 15.4 Å². The molecule has 0 fully saturated rings. The quantitative estimate of drug-likeness (QED) is 0.825. The number of carbonyl (C=O) groups is 2. The highest BCUT2D eigenvalue weighted by atomic mass is 35.5. The van der Waals surface area contributed by atoms with E-state index in [1.807, 2.05) is 37.3 Å². The van der Waals surface area contributed by atoms with E-state index in [0.717, 1.165) is 11.1 Å². The lowest BCUT2D eigenvalue weighted by atomic mass is 10.0. The largest absolute Gasteiger partial charge is 0.466 e. The van der Waals surface area contributed by atoms with E-state index in [4.69, 9.17) is 16.3 Å². The first-order valence-electron chi connectivity index (χ1n) is 8.03. The zero-order chi connectivity index (χ0) is 18.0. The average Bonchev–Trinajstić information content (AvgIpc) is 2.58. The molecule has 0 spiro atoms. The van der Waals surface area contributed by atoms with E-state index in [2.05, 4.69) is 10.6 Å². The van der Waals surface area contributed by atoms with Gasteiger partial charge in [-0.3, -0.25) is 9.59 Å². The van der Waals surface area contributed by atoms with Crippen LogP contribution in [-0.2, 0) is 16.0 Å². The zero-order valence-corrected chi connectivity index (χ0v) is 14.8. The van der Waals surface area contributed by atoms with Crippen molar-refractivity contribution in [3.63, 3.8) is 0 Å². The maximum Gasteiger partial charge on any atom is 0.278 e. The Morgan fingerprint density at radius 3 is 2.80 bits per heavy atom. The minimum absolute atomic E-state index is 0.357. The summed E-state index contributed by atoms with van der Waals surface area (Å²) in [7, 11) is 0. The Morgan fingerprint density at radius 1 is 1.28 bits per heavy atom. The Morgan fingerprint density at radius 2 is 2.04 bits per heavy atom. The third-order valence-electron chi connectivity index (χ3n) is 4.20. The first kappa shape index (κ1) is 17.3. The van der Waals surface area contributed by atoms with Crippen molar-refractivity contribution in [2.45, 2.75) is 25.9 Å². The van der Waals surface area contributed by atoms with Gasteiger partial charge in [0.05, 0.1) is 5.69 Å². The summed E-state index contributed by atoms with van der Waals surface area (Å²) < 4.78 is 5.72. The molecule has 25 heavy (non-hydrogen) atoms. The van der Waals surface area contributed by atoms with E-state index >= 15 is 0 Å². The molecule has 2 aromatic carbocycles. The number of anilines is 1. The van der Waals surface area contributed by atoms with Crippen LogP contribution in [0.15, 0.2) is 42.5 Å². The second-order valence-corrected chi connectivity index (χ2v) is 6.59. The number of ether oxygens (including phenoxy) is 1. The highest BCUT2D eigenvalue weighted by molar-refractivity contribution is 6.31. The first-order chi connectivity index (χ1) is 11.9. The number of aryl methyl sites for hydroxylation is 1. The van der Waals surface area contributed by atoms with Crippen molar-refractivity contribution < 1.29 is 14.3 Å². The highest BCUT2D eigenvalue weighted by Crippen LogP contribution is 2.34. The van der Waals surface area contributed by atoms with E-state index in [0.29, 0.717) is 29.4 Å². The van der Waals surface area contributed by atoms with Crippen LogP contribution in [0.5, 0.6) is 5.75 Å². The smallest absolute Gasteiger partial charge is 0.278 e. The number of carbonyl (C=O) groups excluding carboxylic acids is 2. The van der Waals surface area contributed by atoms with Gasteiger partial charge in [0.1, 0.15) is 5.75 Å². The van der Waals surface area contributed by atoms with Gasteiger partial charge in [-0.05, 0) is 49.6 Å². The summed E-state index contributed by atoms with van der Waals surface area (Å²) in [4.78, 5) is 25.0. The molecule has 2 amide bonds. The lowest BCUT2D eigenvalue weighted by Crippen LogP contribution is -2.58. The summed E-state index contributed by atoms with van der Waals surface area (Å²) in [6.45, 7) is 3.74. The first-order valence-corrected chi connectivity index (χ1v) is 8.41. The van der Waals surface area contributed by atoms with Crippen LogP contribution in [0.25, 0.3) is 0 Å². The minimum atomic E-state index is -1.61. The maximum absolute atomic E-state index is 12.6. The summed E-state index contributed by atoms with van der Waals surface area (Å²) in [6.07, 6.45) is 0.568. The SMILES string of the molecule is Cc1ccc2c(c1)NC(=O)C(C)(C(=O)NCCc1ccccc1Cl)O2. The Hall–Kier alpha value is -2.53. The molecule has 1 aliphatic rings. The van der Waals surface area contributed by atoms with Gasteiger partial charge >= 0.3 is 0 Å². The minimum Gasteiger partial charge on any atom is -0.466 e. The summed E-state index contributed by atoms with van der Waals surface area (Å²) in [5.41, 5.74) is 0.897. The molecule has 0 aliphatic carbocycles. The Bertz CT molecular complexity index is 837. The third kappa shape index (κ3) is 3.46. The number of fused-ring (bicyclic) bond motifs is 1. The third-order valence-corrected chi connectivity index (χ3v) is 4.57. The number of amides is 2. The van der Waals surface area contributed by atoms with Crippen LogP contribution in [0.1, 0.15) is 18.1 Å². The van der Waals surface area contributed by atoms with Crippen molar-refractivity contribution in [1.29, 1.82) is 0 Å². The molecular formula is C19H19ClN2O3. The molecule has 3 rings (SSSR count). The Kier molecular flexibility index (Phi) is 4.68. The molecule has 0 radical (unpaired) electrons. The molecule has 6 heteroatoms. The van der Waals surface area contributed by atoms with Crippen LogP contribution in [0, 0.1) is 6.92 Å². The Balaban J connectivity index is 1.68. The summed E-state index contributed by atoms with van der Waals surface area (Å²) in [6, 6.07) is 12.9. The van der Waals surface area contributed by atoms with Crippen molar-refractivity contribution in [2.75, 3.05) is 11.9 Å². The molecular weight excluding hydrogens is 340 g/mol. The van der Waals surface area contributed by atoms with Crippen molar-refractivity contribution >= 4 is 29.1 Å². The van der Waals surface area contributed by atoms with Crippen LogP contribution in [0.4, 0.5) is 5.69 Å². The fourth-order valence-electron chi connectivity index (χ4n) is 2.67. The standard InChI is InChI=1S/C19H19ClN2O3/c1-12-7-8-16-15(11-12)22-18(24)19(2,25-16)17(23)21-10-9-13-5-3-4-6-14(13)20/h3-8,11H,9-10H2,1-2H3,(H,21,23)(H,22,24). The van der Waals surface area contributed by atoms with Gasteiger partial charge < -0.3 is 15.4 Å². The number of hydrogen-bond acceptors (Lipinski definition) is 3. The topological polar surface area (TPSA) is 67.4 Å². The lowest BCUT2D eigenvalue weighted by molar-refractivity contribution is -0.146. The molecule has 130 valence electrons. The predicted molar refractivity (Wildman–Crippen MR) is 97.0 cm³/mol. The van der Waals surface area contributed by atoms with E-state index in [1.165, 1.54) is 6.92 Å². The van der Waals surface area contributed by atoms with Crippen molar-refractivity contribution in [1.82, 2.24) is 5.32 Å².